The van der Waals surface area contributed by atoms with Crippen LogP contribution in [0, 0.1) is 71.0 Å². The maximum Gasteiger partial charge on any atom is 0.0608 e. The second-order valence-corrected chi connectivity index (χ2v) is 27.3. The summed E-state index contributed by atoms with van der Waals surface area (Å²) in [4.78, 5) is 0. The Morgan fingerprint density at radius 3 is 1.16 bits per heavy atom. The van der Waals surface area contributed by atoms with Gasteiger partial charge in [0.2, 0.25) is 0 Å². The predicted molar refractivity (Wildman–Crippen MR) is 222 cm³/mol. The van der Waals surface area contributed by atoms with Crippen LogP contribution >= 0.6 is 0 Å². The summed E-state index contributed by atoms with van der Waals surface area (Å²) in [6.45, 7) is 26.2. The second-order valence-electron chi connectivity index (χ2n) is 22.5. The van der Waals surface area contributed by atoms with Crippen molar-refractivity contribution in [3.63, 3.8) is 0 Å². The Hall–Kier alpha value is 0.137. The van der Waals surface area contributed by atoms with Crippen LogP contribution in [-0.4, -0.2) is 32.5 Å². The molecular weight excluding hydrogens is 637 g/mol. The van der Waals surface area contributed by atoms with Crippen LogP contribution in [-0.2, 0) is 9.47 Å². The van der Waals surface area contributed by atoms with E-state index in [1.165, 1.54) is 64.2 Å². The number of hydrogen-bond acceptors (Lipinski definition) is 2. The molecule has 0 aromatic heterocycles. The van der Waals surface area contributed by atoms with Crippen LogP contribution in [0.1, 0.15) is 185 Å². The SMILES string of the molecule is CCC[Si](CCC)(C1C(C)CC2C(C3CCC(COC(C)(C)C)CC3)CCCC21)C1C(C)CC2C(C3CCC(COC(C)(C)C)CC3)CCCC21. The number of fused-ring (bicyclic) bond motifs is 2. The van der Waals surface area contributed by atoms with Crippen LogP contribution in [0.2, 0.25) is 23.2 Å². The van der Waals surface area contributed by atoms with Crippen molar-refractivity contribution < 1.29 is 9.47 Å². The highest BCUT2D eigenvalue weighted by Crippen LogP contribution is 2.69. The monoisotopic (exact) mass is 725 g/mol. The normalized spacial score (nSPS) is 42.5. The minimum absolute atomic E-state index is 0.00622. The van der Waals surface area contributed by atoms with E-state index in [0.29, 0.717) is 0 Å². The first-order valence-electron chi connectivity index (χ1n) is 23.5. The van der Waals surface area contributed by atoms with Crippen molar-refractivity contribution in [3.8, 4) is 0 Å². The molecule has 0 saturated heterocycles. The Morgan fingerprint density at radius 1 is 0.471 bits per heavy atom. The van der Waals surface area contributed by atoms with Gasteiger partial charge in [0, 0.05) is 0 Å². The maximum absolute atomic E-state index is 6.29. The van der Waals surface area contributed by atoms with Gasteiger partial charge in [0.1, 0.15) is 0 Å². The highest BCUT2D eigenvalue weighted by Gasteiger charge is 2.62. The first-order chi connectivity index (χ1) is 24.2. The van der Waals surface area contributed by atoms with Gasteiger partial charge in [0.25, 0.3) is 0 Å². The highest BCUT2D eigenvalue weighted by atomic mass is 28.3. The van der Waals surface area contributed by atoms with Crippen molar-refractivity contribution in [1.29, 1.82) is 0 Å². The predicted octanol–water partition coefficient (Wildman–Crippen LogP) is 14.4. The average Bonchev–Trinajstić information content (AvgIpc) is 3.62. The van der Waals surface area contributed by atoms with Crippen molar-refractivity contribution >= 4 is 8.07 Å². The summed E-state index contributed by atoms with van der Waals surface area (Å²) in [6, 6.07) is 3.31. The molecule has 0 spiro atoms. The Morgan fingerprint density at radius 2 is 0.824 bits per heavy atom. The molecule has 0 N–H and O–H groups in total. The third-order valence-corrected chi connectivity index (χ3v) is 24.6. The van der Waals surface area contributed by atoms with E-state index in [2.05, 4.69) is 69.2 Å². The lowest BCUT2D eigenvalue weighted by Gasteiger charge is -2.53. The summed E-state index contributed by atoms with van der Waals surface area (Å²) in [6.07, 6.45) is 27.2. The molecule has 6 aliphatic carbocycles. The zero-order valence-electron chi connectivity index (χ0n) is 36.0. The van der Waals surface area contributed by atoms with E-state index in [1.807, 2.05) is 0 Å². The molecule has 6 saturated carbocycles. The first kappa shape index (κ1) is 40.8. The summed E-state index contributed by atoms with van der Waals surface area (Å²) >= 11 is 0. The number of ether oxygens (including phenoxy) is 2. The molecule has 0 aromatic carbocycles. The molecule has 0 aliphatic heterocycles. The average molecular weight is 725 g/mol. The van der Waals surface area contributed by atoms with Gasteiger partial charge in [-0.1, -0.05) is 78.3 Å². The van der Waals surface area contributed by atoms with E-state index in [4.69, 9.17) is 9.47 Å². The molecule has 296 valence electrons. The molecule has 0 bridgehead atoms. The van der Waals surface area contributed by atoms with Gasteiger partial charge in [0.15, 0.2) is 0 Å². The summed E-state index contributed by atoms with van der Waals surface area (Å²) in [5, 5.41) is 0. The number of rotatable bonds is 12. The summed E-state index contributed by atoms with van der Waals surface area (Å²) in [7, 11) is -1.54. The van der Waals surface area contributed by atoms with Gasteiger partial charge in [0.05, 0.1) is 32.5 Å². The molecule has 6 aliphatic rings. The molecular formula is C48H88O2Si. The van der Waals surface area contributed by atoms with Crippen LogP contribution in [0.4, 0.5) is 0 Å². The van der Waals surface area contributed by atoms with Gasteiger partial charge < -0.3 is 9.47 Å². The third kappa shape index (κ3) is 9.24. The molecule has 51 heavy (non-hydrogen) atoms. The smallest absolute Gasteiger partial charge is 0.0608 e. The van der Waals surface area contributed by atoms with E-state index in [9.17, 15) is 0 Å². The van der Waals surface area contributed by atoms with Gasteiger partial charge in [-0.25, -0.2) is 0 Å². The third-order valence-electron chi connectivity index (χ3n) is 17.0. The van der Waals surface area contributed by atoms with Crippen molar-refractivity contribution in [2.45, 2.75) is 219 Å². The molecule has 3 heteroatoms. The van der Waals surface area contributed by atoms with Gasteiger partial charge in [-0.3, -0.25) is 0 Å². The fourth-order valence-corrected chi connectivity index (χ4v) is 24.6. The molecule has 10 unspecified atom stereocenters. The van der Waals surface area contributed by atoms with Crippen LogP contribution < -0.4 is 0 Å². The zero-order chi connectivity index (χ0) is 36.6. The topological polar surface area (TPSA) is 18.5 Å². The Kier molecular flexibility index (Phi) is 13.7. The summed E-state index contributed by atoms with van der Waals surface area (Å²) < 4.78 is 12.6. The van der Waals surface area contributed by atoms with Crippen molar-refractivity contribution in [3.05, 3.63) is 0 Å². The van der Waals surface area contributed by atoms with E-state index >= 15 is 0 Å². The Bertz CT molecular complexity index is 972. The lowest BCUT2D eigenvalue weighted by Crippen LogP contribution is -2.52. The minimum Gasteiger partial charge on any atom is -0.376 e. The van der Waals surface area contributed by atoms with Crippen LogP contribution in [0.25, 0.3) is 0 Å². The molecule has 0 aromatic rings. The van der Waals surface area contributed by atoms with E-state index in [-0.39, 0.29) is 11.2 Å². The van der Waals surface area contributed by atoms with Crippen molar-refractivity contribution in [1.82, 2.24) is 0 Å². The van der Waals surface area contributed by atoms with E-state index in [1.54, 1.807) is 63.5 Å². The van der Waals surface area contributed by atoms with Crippen LogP contribution in [0.5, 0.6) is 0 Å². The largest absolute Gasteiger partial charge is 0.376 e. The molecule has 2 nitrogen and oxygen atoms in total. The highest BCUT2D eigenvalue weighted by molar-refractivity contribution is 6.83. The second kappa shape index (κ2) is 17.1. The van der Waals surface area contributed by atoms with E-state index < -0.39 is 8.07 Å². The summed E-state index contributed by atoms with van der Waals surface area (Å²) in [5.74, 6) is 11.9. The minimum atomic E-state index is -1.54. The first-order valence-corrected chi connectivity index (χ1v) is 26.1. The quantitative estimate of drug-likeness (QED) is 0.187. The van der Waals surface area contributed by atoms with Crippen molar-refractivity contribution in [2.24, 2.45) is 71.0 Å². The molecule has 0 radical (unpaired) electrons. The molecule has 0 heterocycles. The standard InChI is InChI=1S/C48H88O2Si/c1-11-27-51(28-12-2,45-33(3)29-43-39(15-13-17-41(43)45)37-23-19-35(20-24-37)31-49-47(5,6)7)46-34(4)30-44-40(16-14-18-42(44)46)38-25-21-36(22-26-38)32-50-48(8,9)10/h33-46H,11-32H2,1-10H3. The molecule has 10 atom stereocenters. The number of hydrogen-bond donors (Lipinski definition) is 0. The van der Waals surface area contributed by atoms with Gasteiger partial charge in [-0.2, -0.15) is 0 Å². The van der Waals surface area contributed by atoms with Gasteiger partial charge >= 0.3 is 0 Å². The molecule has 6 rings (SSSR count). The van der Waals surface area contributed by atoms with Gasteiger partial charge in [-0.05, 0) is 201 Å². The van der Waals surface area contributed by atoms with Gasteiger partial charge in [-0.15, -0.1) is 0 Å². The maximum atomic E-state index is 6.29. The molecule has 0 amide bonds. The lowest BCUT2D eigenvalue weighted by molar-refractivity contribution is -0.0343. The fourth-order valence-electron chi connectivity index (χ4n) is 15.7. The Balaban J connectivity index is 1.17. The zero-order valence-corrected chi connectivity index (χ0v) is 37.0. The molecule has 6 fully saturated rings. The van der Waals surface area contributed by atoms with Crippen molar-refractivity contribution in [2.75, 3.05) is 13.2 Å². The summed E-state index contributed by atoms with van der Waals surface area (Å²) in [5.41, 5.74) is 2.25. The fraction of sp³-hybridized carbons (Fsp3) is 1.00. The van der Waals surface area contributed by atoms with E-state index in [0.717, 1.165) is 95.3 Å². The van der Waals surface area contributed by atoms with Crippen LogP contribution in [0.3, 0.4) is 0 Å². The lowest BCUT2D eigenvalue weighted by atomic mass is 9.64. The van der Waals surface area contributed by atoms with Crippen LogP contribution in [0.15, 0.2) is 0 Å². The Labute approximate surface area is 319 Å².